The zero-order chi connectivity index (χ0) is 17.3. The van der Waals surface area contributed by atoms with Crippen LogP contribution >= 0.6 is 27.5 Å². The molecule has 1 fully saturated rings. The summed E-state index contributed by atoms with van der Waals surface area (Å²) in [5.41, 5.74) is 1.01. The molecule has 1 aromatic carbocycles. The largest absolute Gasteiger partial charge is 0.497 e. The lowest BCUT2D eigenvalue weighted by molar-refractivity contribution is -0.120. The van der Waals surface area contributed by atoms with Gasteiger partial charge in [0.1, 0.15) is 11.6 Å². The molecule has 24 heavy (non-hydrogen) atoms. The molecule has 126 valence electrons. The van der Waals surface area contributed by atoms with Crippen LogP contribution in [0.15, 0.2) is 41.0 Å². The van der Waals surface area contributed by atoms with Crippen molar-refractivity contribution in [1.29, 1.82) is 0 Å². The van der Waals surface area contributed by atoms with Gasteiger partial charge in [-0.05, 0) is 52.0 Å². The van der Waals surface area contributed by atoms with Crippen molar-refractivity contribution in [1.82, 2.24) is 4.98 Å². The van der Waals surface area contributed by atoms with Gasteiger partial charge in [-0.25, -0.2) is 4.98 Å². The van der Waals surface area contributed by atoms with Gasteiger partial charge in [0.25, 0.3) is 0 Å². The smallest absolute Gasteiger partial charge is 0.231 e. The van der Waals surface area contributed by atoms with Crippen LogP contribution in [-0.2, 0) is 11.3 Å². The number of ether oxygens (including phenoxy) is 1. The molecule has 0 spiro atoms. The van der Waals surface area contributed by atoms with Crippen LogP contribution in [0.1, 0.15) is 18.9 Å². The van der Waals surface area contributed by atoms with E-state index in [-0.39, 0.29) is 11.8 Å². The average Bonchev–Trinajstić information content (AvgIpc) is 3.30. The Bertz CT molecular complexity index is 751. The zero-order valence-corrected chi connectivity index (χ0v) is 15.8. The molecule has 1 aromatic heterocycles. The van der Waals surface area contributed by atoms with E-state index < -0.39 is 0 Å². The summed E-state index contributed by atoms with van der Waals surface area (Å²) in [6.07, 6.45) is 2.50. The number of amides is 1. The van der Waals surface area contributed by atoms with E-state index in [4.69, 9.17) is 16.3 Å². The first kappa shape index (κ1) is 17.2. The fraction of sp³-hybridized carbons (Fsp3) is 0.333. The van der Waals surface area contributed by atoms with Crippen LogP contribution in [-0.4, -0.2) is 18.0 Å². The maximum atomic E-state index is 12.9. The molecular formula is C18H18BrClN2O2. The molecular weight excluding hydrogens is 392 g/mol. The van der Waals surface area contributed by atoms with Gasteiger partial charge in [-0.3, -0.25) is 9.69 Å². The van der Waals surface area contributed by atoms with Gasteiger partial charge in [0.2, 0.25) is 5.91 Å². The van der Waals surface area contributed by atoms with Crippen molar-refractivity contribution in [2.24, 2.45) is 11.8 Å². The molecule has 2 unspecified atom stereocenters. The predicted octanol–water partition coefficient (Wildman–Crippen LogP) is 4.70. The number of hydrogen-bond donors (Lipinski definition) is 0. The van der Waals surface area contributed by atoms with Gasteiger partial charge in [0.05, 0.1) is 23.1 Å². The molecule has 6 heteroatoms. The third-order valence-electron chi connectivity index (χ3n) is 4.24. The number of benzene rings is 1. The van der Waals surface area contributed by atoms with E-state index in [2.05, 4.69) is 27.8 Å². The Balaban J connectivity index is 1.90. The highest BCUT2D eigenvalue weighted by molar-refractivity contribution is 9.10. The monoisotopic (exact) mass is 408 g/mol. The maximum Gasteiger partial charge on any atom is 0.231 e. The van der Waals surface area contributed by atoms with Crippen molar-refractivity contribution in [3.8, 4) is 5.75 Å². The summed E-state index contributed by atoms with van der Waals surface area (Å²) < 4.78 is 5.90. The van der Waals surface area contributed by atoms with Gasteiger partial charge in [0, 0.05) is 12.1 Å². The number of methoxy groups -OCH3 is 1. The molecule has 1 heterocycles. The first-order valence-corrected chi connectivity index (χ1v) is 8.92. The second-order valence-corrected chi connectivity index (χ2v) is 7.34. The number of anilines is 1. The molecule has 1 aliphatic rings. The first-order chi connectivity index (χ1) is 11.5. The van der Waals surface area contributed by atoms with Gasteiger partial charge >= 0.3 is 0 Å². The molecule has 3 rings (SSSR count). The summed E-state index contributed by atoms with van der Waals surface area (Å²) in [7, 11) is 1.63. The summed E-state index contributed by atoms with van der Waals surface area (Å²) in [5.74, 6) is 2.00. The Morgan fingerprint density at radius 3 is 2.62 bits per heavy atom. The molecule has 2 atom stereocenters. The van der Waals surface area contributed by atoms with Gasteiger partial charge in [-0.15, -0.1) is 0 Å². The van der Waals surface area contributed by atoms with Crippen LogP contribution in [0.5, 0.6) is 5.75 Å². The van der Waals surface area contributed by atoms with Crippen LogP contribution in [0.3, 0.4) is 0 Å². The topological polar surface area (TPSA) is 42.4 Å². The highest BCUT2D eigenvalue weighted by atomic mass is 79.9. The van der Waals surface area contributed by atoms with Gasteiger partial charge in [0.15, 0.2) is 0 Å². The summed E-state index contributed by atoms with van der Waals surface area (Å²) >= 11 is 9.46. The van der Waals surface area contributed by atoms with E-state index >= 15 is 0 Å². The fourth-order valence-corrected chi connectivity index (χ4v) is 3.50. The van der Waals surface area contributed by atoms with E-state index in [0.29, 0.717) is 27.8 Å². The minimum atomic E-state index is 0.0765. The molecule has 1 amide bonds. The summed E-state index contributed by atoms with van der Waals surface area (Å²) in [6.45, 7) is 2.55. The van der Waals surface area contributed by atoms with E-state index in [1.54, 1.807) is 24.3 Å². The minimum absolute atomic E-state index is 0.0765. The number of rotatable bonds is 5. The third-order valence-corrected chi connectivity index (χ3v) is 5.03. The molecule has 1 aliphatic carbocycles. The molecule has 0 aliphatic heterocycles. The lowest BCUT2D eigenvalue weighted by atomic mass is 10.2. The molecule has 0 saturated heterocycles. The van der Waals surface area contributed by atoms with Crippen LogP contribution < -0.4 is 9.64 Å². The van der Waals surface area contributed by atoms with Gasteiger partial charge in [-0.1, -0.05) is 30.7 Å². The Morgan fingerprint density at radius 2 is 2.08 bits per heavy atom. The average molecular weight is 410 g/mol. The Labute approximate surface area is 154 Å². The Morgan fingerprint density at radius 1 is 1.42 bits per heavy atom. The molecule has 0 radical (unpaired) electrons. The van der Waals surface area contributed by atoms with E-state index in [0.717, 1.165) is 17.7 Å². The van der Waals surface area contributed by atoms with Crippen molar-refractivity contribution < 1.29 is 9.53 Å². The quantitative estimate of drug-likeness (QED) is 0.719. The van der Waals surface area contributed by atoms with Crippen molar-refractivity contribution >= 4 is 39.3 Å². The lowest BCUT2D eigenvalue weighted by Gasteiger charge is -2.23. The Kier molecular flexibility index (Phi) is 5.11. The minimum Gasteiger partial charge on any atom is -0.497 e. The van der Waals surface area contributed by atoms with Crippen LogP contribution in [0.4, 0.5) is 5.82 Å². The predicted molar refractivity (Wildman–Crippen MR) is 98.4 cm³/mol. The summed E-state index contributed by atoms with van der Waals surface area (Å²) in [5, 5.41) is 0.530. The standard InChI is InChI=1S/C18H18BrClN2O2/c1-11-7-15(11)18(23)22(17-16(19)8-13(20)9-21-17)10-12-3-5-14(24-2)6-4-12/h3-6,8-9,11,15H,7,10H2,1-2H3. The SMILES string of the molecule is COc1ccc(CN(C(=O)C2CC2C)c2ncc(Cl)cc2Br)cc1. The lowest BCUT2D eigenvalue weighted by Crippen LogP contribution is -2.33. The number of carbonyl (C=O) groups is 1. The summed E-state index contributed by atoms with van der Waals surface area (Å²) in [4.78, 5) is 19.0. The number of halogens is 2. The highest BCUT2D eigenvalue weighted by Gasteiger charge is 2.42. The molecule has 4 nitrogen and oxygen atoms in total. The number of hydrogen-bond acceptors (Lipinski definition) is 3. The number of aromatic nitrogens is 1. The second kappa shape index (κ2) is 7.11. The number of carbonyl (C=O) groups excluding carboxylic acids is 1. The van der Waals surface area contributed by atoms with Gasteiger partial charge in [-0.2, -0.15) is 0 Å². The molecule has 0 N–H and O–H groups in total. The highest BCUT2D eigenvalue weighted by Crippen LogP contribution is 2.41. The van der Waals surface area contributed by atoms with Crippen LogP contribution in [0, 0.1) is 11.8 Å². The van der Waals surface area contributed by atoms with Crippen LogP contribution in [0.25, 0.3) is 0 Å². The van der Waals surface area contributed by atoms with Crippen molar-refractivity contribution in [3.05, 3.63) is 51.6 Å². The van der Waals surface area contributed by atoms with Gasteiger partial charge < -0.3 is 4.74 Å². The Hall–Kier alpha value is -1.59. The number of nitrogens with zero attached hydrogens (tertiary/aromatic N) is 2. The summed E-state index contributed by atoms with van der Waals surface area (Å²) in [6, 6.07) is 9.46. The van der Waals surface area contributed by atoms with Crippen molar-refractivity contribution in [3.63, 3.8) is 0 Å². The van der Waals surface area contributed by atoms with E-state index in [1.807, 2.05) is 24.3 Å². The van der Waals surface area contributed by atoms with E-state index in [1.165, 1.54) is 0 Å². The molecule has 1 saturated carbocycles. The maximum absolute atomic E-state index is 12.9. The second-order valence-electron chi connectivity index (χ2n) is 6.05. The molecule has 0 bridgehead atoms. The van der Waals surface area contributed by atoms with Crippen molar-refractivity contribution in [2.75, 3.05) is 12.0 Å². The first-order valence-electron chi connectivity index (χ1n) is 7.75. The number of pyridine rings is 1. The van der Waals surface area contributed by atoms with E-state index in [9.17, 15) is 4.79 Å². The zero-order valence-electron chi connectivity index (χ0n) is 13.5. The normalized spacial score (nSPS) is 19.0. The third kappa shape index (κ3) is 3.73. The fourth-order valence-electron chi connectivity index (χ4n) is 2.64. The molecule has 2 aromatic rings. The van der Waals surface area contributed by atoms with Crippen LogP contribution in [0.2, 0.25) is 5.02 Å². The van der Waals surface area contributed by atoms with Crippen molar-refractivity contribution in [2.45, 2.75) is 19.9 Å².